The van der Waals surface area contributed by atoms with E-state index in [0.29, 0.717) is 6.61 Å². The first-order valence-electron chi connectivity index (χ1n) is 7.64. The Hall–Kier alpha value is -0.610. The van der Waals surface area contributed by atoms with E-state index in [1.165, 1.54) is 32.4 Å². The Morgan fingerprint density at radius 3 is 2.47 bits per heavy atom. The molecule has 1 unspecified atom stereocenters. The van der Waals surface area contributed by atoms with Crippen molar-refractivity contribution in [3.8, 4) is 0 Å². The number of rotatable bonds is 7. The van der Waals surface area contributed by atoms with Crippen LogP contribution in [0, 0.1) is 5.92 Å². The van der Waals surface area contributed by atoms with Crippen molar-refractivity contribution in [2.24, 2.45) is 5.92 Å². The summed E-state index contributed by atoms with van der Waals surface area (Å²) in [6, 6.07) is 0. The molecule has 0 aromatic heterocycles. The number of carbonyl (C=O) groups excluding carboxylic acids is 1. The first kappa shape index (κ1) is 16.4. The Morgan fingerprint density at radius 2 is 2.00 bits per heavy atom. The molecule has 0 aromatic carbocycles. The molecule has 0 aromatic rings. The van der Waals surface area contributed by atoms with Gasteiger partial charge >= 0.3 is 5.97 Å². The number of nitrogens with zero attached hydrogens (tertiary/aromatic N) is 1. The van der Waals surface area contributed by atoms with Gasteiger partial charge in [-0.3, -0.25) is 4.79 Å². The van der Waals surface area contributed by atoms with Crippen LogP contribution in [0.15, 0.2) is 0 Å². The molecule has 0 radical (unpaired) electrons. The van der Waals surface area contributed by atoms with Gasteiger partial charge in [0.1, 0.15) is 5.54 Å². The van der Waals surface area contributed by atoms with Crippen LogP contribution in [-0.2, 0) is 9.53 Å². The fraction of sp³-hybridized carbons (Fsp3) is 0.933. The fourth-order valence-corrected chi connectivity index (χ4v) is 2.62. The first-order valence-corrected chi connectivity index (χ1v) is 7.64. The summed E-state index contributed by atoms with van der Waals surface area (Å²) >= 11 is 0. The number of esters is 1. The average Bonchev–Trinajstić information content (AvgIpc) is 2.45. The number of piperidine rings is 1. The van der Waals surface area contributed by atoms with Gasteiger partial charge in [0, 0.05) is 6.54 Å². The van der Waals surface area contributed by atoms with E-state index in [0.717, 1.165) is 18.9 Å². The van der Waals surface area contributed by atoms with Gasteiger partial charge in [0.25, 0.3) is 0 Å². The molecule has 1 aliphatic rings. The van der Waals surface area contributed by atoms with Crippen LogP contribution in [0.5, 0.6) is 0 Å². The molecule has 0 amide bonds. The monoisotopic (exact) mass is 270 g/mol. The molecule has 0 aliphatic carbocycles. The van der Waals surface area contributed by atoms with Gasteiger partial charge in [-0.2, -0.15) is 0 Å². The number of nitrogens with one attached hydrogen (secondary N) is 1. The third-order valence-electron chi connectivity index (χ3n) is 4.49. The van der Waals surface area contributed by atoms with Gasteiger partial charge in [0.05, 0.1) is 6.61 Å². The highest BCUT2D eigenvalue weighted by molar-refractivity contribution is 5.80. The second-order valence-corrected chi connectivity index (χ2v) is 5.75. The van der Waals surface area contributed by atoms with Crippen LogP contribution >= 0.6 is 0 Å². The summed E-state index contributed by atoms with van der Waals surface area (Å²) in [6.45, 7) is 9.80. The molecule has 1 saturated heterocycles. The van der Waals surface area contributed by atoms with E-state index >= 15 is 0 Å². The molecular formula is C15H30N2O2. The highest BCUT2D eigenvalue weighted by atomic mass is 16.5. The molecule has 1 rings (SSSR count). The lowest BCUT2D eigenvalue weighted by atomic mass is 9.93. The van der Waals surface area contributed by atoms with Crippen molar-refractivity contribution in [3.05, 3.63) is 0 Å². The zero-order chi connectivity index (χ0) is 14.3. The predicted octanol–water partition coefficient (Wildman–Crippen LogP) is 2.04. The van der Waals surface area contributed by atoms with Crippen LogP contribution in [0.2, 0.25) is 0 Å². The van der Waals surface area contributed by atoms with Crippen LogP contribution in [0.3, 0.4) is 0 Å². The minimum absolute atomic E-state index is 0.138. The normalized spacial score (nSPS) is 21.1. The van der Waals surface area contributed by atoms with Gasteiger partial charge in [-0.1, -0.05) is 13.3 Å². The highest BCUT2D eigenvalue weighted by Crippen LogP contribution is 2.21. The van der Waals surface area contributed by atoms with E-state index in [1.54, 1.807) is 0 Å². The van der Waals surface area contributed by atoms with E-state index in [1.807, 2.05) is 20.9 Å². The van der Waals surface area contributed by atoms with E-state index in [4.69, 9.17) is 4.74 Å². The fourth-order valence-electron chi connectivity index (χ4n) is 2.62. The zero-order valence-corrected chi connectivity index (χ0v) is 13.0. The Kier molecular flexibility index (Phi) is 6.80. The topological polar surface area (TPSA) is 41.6 Å². The zero-order valence-electron chi connectivity index (χ0n) is 13.0. The molecule has 1 atom stereocenters. The highest BCUT2D eigenvalue weighted by Gasteiger charge is 2.33. The summed E-state index contributed by atoms with van der Waals surface area (Å²) in [4.78, 5) is 14.4. The van der Waals surface area contributed by atoms with E-state index < -0.39 is 5.54 Å². The maximum atomic E-state index is 12.0. The summed E-state index contributed by atoms with van der Waals surface area (Å²) in [5.74, 6) is 0.762. The molecule has 19 heavy (non-hydrogen) atoms. The lowest BCUT2D eigenvalue weighted by Gasteiger charge is -2.34. The minimum atomic E-state index is -0.558. The quantitative estimate of drug-likeness (QED) is 0.719. The molecule has 1 heterocycles. The summed E-state index contributed by atoms with van der Waals surface area (Å²) in [5, 5.41) is 3.12. The molecule has 0 bridgehead atoms. The minimum Gasteiger partial charge on any atom is -0.465 e. The Balaban J connectivity index is 2.39. The van der Waals surface area contributed by atoms with Crippen LogP contribution < -0.4 is 5.32 Å². The molecule has 4 heteroatoms. The van der Waals surface area contributed by atoms with Gasteiger partial charge in [0.15, 0.2) is 0 Å². The van der Waals surface area contributed by atoms with Crippen molar-refractivity contribution in [3.63, 3.8) is 0 Å². The van der Waals surface area contributed by atoms with Gasteiger partial charge in [-0.05, 0) is 59.2 Å². The first-order chi connectivity index (χ1) is 9.05. The lowest BCUT2D eigenvalue weighted by Crippen LogP contribution is -2.51. The molecular weight excluding hydrogens is 240 g/mol. The van der Waals surface area contributed by atoms with Crippen LogP contribution in [-0.4, -0.2) is 49.7 Å². The van der Waals surface area contributed by atoms with Crippen molar-refractivity contribution >= 4 is 5.97 Å². The van der Waals surface area contributed by atoms with Crippen molar-refractivity contribution < 1.29 is 9.53 Å². The van der Waals surface area contributed by atoms with Crippen molar-refractivity contribution in [2.45, 2.75) is 52.0 Å². The third-order valence-corrected chi connectivity index (χ3v) is 4.49. The number of hydrogen-bond donors (Lipinski definition) is 1. The Morgan fingerprint density at radius 1 is 1.37 bits per heavy atom. The second-order valence-electron chi connectivity index (χ2n) is 5.75. The number of likely N-dealkylation sites (tertiary alicyclic amines) is 1. The van der Waals surface area contributed by atoms with Crippen molar-refractivity contribution in [1.82, 2.24) is 10.2 Å². The summed E-state index contributed by atoms with van der Waals surface area (Å²) in [5.41, 5.74) is -0.558. The van der Waals surface area contributed by atoms with E-state index in [9.17, 15) is 4.79 Å². The van der Waals surface area contributed by atoms with E-state index in [-0.39, 0.29) is 5.97 Å². The maximum absolute atomic E-state index is 12.0. The average molecular weight is 270 g/mol. The molecule has 4 nitrogen and oxygen atoms in total. The smallest absolute Gasteiger partial charge is 0.326 e. The van der Waals surface area contributed by atoms with Gasteiger partial charge in [-0.25, -0.2) is 0 Å². The molecule has 0 spiro atoms. The lowest BCUT2D eigenvalue weighted by molar-refractivity contribution is -0.150. The number of likely N-dealkylation sites (N-methyl/N-ethyl adjacent to an activating group) is 1. The number of ether oxygens (including phenoxy) is 1. The standard InChI is InChI=1S/C15H30N2O2/c1-5-13-7-10-17(11-8-13)12-9-15(3,16-4)14(18)19-6-2/h13,16H,5-12H2,1-4H3. The molecule has 112 valence electrons. The van der Waals surface area contributed by atoms with Crippen LogP contribution in [0.25, 0.3) is 0 Å². The van der Waals surface area contributed by atoms with Crippen LogP contribution in [0.4, 0.5) is 0 Å². The SMILES string of the molecule is CCOC(=O)C(C)(CCN1CCC(CC)CC1)NC. The molecule has 1 fully saturated rings. The van der Waals surface area contributed by atoms with Crippen molar-refractivity contribution in [1.29, 1.82) is 0 Å². The van der Waals surface area contributed by atoms with Gasteiger partial charge < -0.3 is 15.0 Å². The van der Waals surface area contributed by atoms with Crippen molar-refractivity contribution in [2.75, 3.05) is 33.3 Å². The number of hydrogen-bond acceptors (Lipinski definition) is 4. The van der Waals surface area contributed by atoms with Gasteiger partial charge in [-0.15, -0.1) is 0 Å². The predicted molar refractivity (Wildman–Crippen MR) is 78.2 cm³/mol. The summed E-state index contributed by atoms with van der Waals surface area (Å²) in [6.07, 6.45) is 4.70. The third kappa shape index (κ3) is 4.77. The summed E-state index contributed by atoms with van der Waals surface area (Å²) in [7, 11) is 1.83. The molecule has 0 saturated carbocycles. The number of carbonyl (C=O) groups is 1. The largest absolute Gasteiger partial charge is 0.465 e. The molecule has 1 aliphatic heterocycles. The van der Waals surface area contributed by atoms with Gasteiger partial charge in [0.2, 0.25) is 0 Å². The molecule has 1 N–H and O–H groups in total. The maximum Gasteiger partial charge on any atom is 0.326 e. The Labute approximate surface area is 117 Å². The second kappa shape index (κ2) is 7.85. The Bertz CT molecular complexity index is 275. The summed E-state index contributed by atoms with van der Waals surface area (Å²) < 4.78 is 5.15. The van der Waals surface area contributed by atoms with Crippen LogP contribution in [0.1, 0.15) is 46.5 Å². The van der Waals surface area contributed by atoms with E-state index in [2.05, 4.69) is 17.1 Å².